The van der Waals surface area contributed by atoms with Gasteiger partial charge in [0.2, 0.25) is 5.91 Å². The molecule has 2 rings (SSSR count). The Labute approximate surface area is 172 Å². The van der Waals surface area contributed by atoms with Gasteiger partial charge in [-0.15, -0.1) is 24.0 Å². The SMILES string of the molecule is COc1ccc(NC(N)=NCC(=O)Nc2cc(Br)ccc2C)cc1.I. The number of nitrogens with two attached hydrogens (primary N) is 1. The van der Waals surface area contributed by atoms with E-state index in [1.54, 1.807) is 19.2 Å². The van der Waals surface area contributed by atoms with Crippen LogP contribution in [0.2, 0.25) is 0 Å². The average Bonchev–Trinajstić information content (AvgIpc) is 2.57. The summed E-state index contributed by atoms with van der Waals surface area (Å²) in [5.74, 6) is 0.678. The summed E-state index contributed by atoms with van der Waals surface area (Å²) in [4.78, 5) is 16.0. The zero-order valence-corrected chi connectivity index (χ0v) is 17.8. The molecule has 0 saturated carbocycles. The molecule has 0 atom stereocenters. The maximum Gasteiger partial charge on any atom is 0.246 e. The minimum atomic E-state index is -0.240. The van der Waals surface area contributed by atoms with Crippen LogP contribution in [0.4, 0.5) is 11.4 Å². The highest BCUT2D eigenvalue weighted by atomic mass is 127. The molecule has 0 aliphatic carbocycles. The number of nitrogens with zero attached hydrogens (tertiary/aromatic N) is 1. The second kappa shape index (κ2) is 10.2. The molecule has 2 aromatic rings. The van der Waals surface area contributed by atoms with Crippen molar-refractivity contribution in [1.29, 1.82) is 0 Å². The van der Waals surface area contributed by atoms with Gasteiger partial charge in [0.25, 0.3) is 0 Å². The van der Waals surface area contributed by atoms with E-state index < -0.39 is 0 Å². The Morgan fingerprint density at radius 1 is 1.20 bits per heavy atom. The Hall–Kier alpha value is -1.81. The minimum Gasteiger partial charge on any atom is -0.497 e. The Kier molecular flexibility index (Phi) is 8.70. The molecule has 0 fully saturated rings. The predicted octanol–water partition coefficient (Wildman–Crippen LogP) is 3.75. The second-order valence-electron chi connectivity index (χ2n) is 5.06. The number of halogens is 2. The molecular weight excluding hydrogens is 499 g/mol. The van der Waals surface area contributed by atoms with Gasteiger partial charge in [-0.3, -0.25) is 4.79 Å². The van der Waals surface area contributed by atoms with Crippen molar-refractivity contribution >= 4 is 63.1 Å². The number of ether oxygens (including phenoxy) is 1. The standard InChI is InChI=1S/C17H19BrN4O2.HI/c1-11-3-4-12(18)9-15(11)22-16(23)10-20-17(19)21-13-5-7-14(24-2)8-6-13;/h3-9H,10H2,1-2H3,(H,22,23)(H3,19,20,21);1H. The lowest BCUT2D eigenvalue weighted by atomic mass is 10.2. The van der Waals surface area contributed by atoms with Crippen molar-refractivity contribution in [3.63, 3.8) is 0 Å². The summed E-state index contributed by atoms with van der Waals surface area (Å²) in [6.07, 6.45) is 0. The van der Waals surface area contributed by atoms with Gasteiger partial charge in [0.1, 0.15) is 12.3 Å². The number of benzene rings is 2. The van der Waals surface area contributed by atoms with E-state index in [1.807, 2.05) is 37.3 Å². The van der Waals surface area contributed by atoms with Gasteiger partial charge in [-0.1, -0.05) is 22.0 Å². The van der Waals surface area contributed by atoms with Crippen LogP contribution in [-0.4, -0.2) is 25.5 Å². The highest BCUT2D eigenvalue weighted by molar-refractivity contribution is 14.0. The monoisotopic (exact) mass is 518 g/mol. The van der Waals surface area contributed by atoms with E-state index in [-0.39, 0.29) is 42.4 Å². The van der Waals surface area contributed by atoms with Crippen LogP contribution in [0, 0.1) is 6.92 Å². The van der Waals surface area contributed by atoms with Gasteiger partial charge in [-0.25, -0.2) is 4.99 Å². The van der Waals surface area contributed by atoms with E-state index in [1.165, 1.54) is 0 Å². The van der Waals surface area contributed by atoms with Crippen LogP contribution in [0.15, 0.2) is 51.9 Å². The fraction of sp³-hybridized carbons (Fsp3) is 0.176. The Morgan fingerprint density at radius 3 is 2.52 bits per heavy atom. The van der Waals surface area contributed by atoms with Gasteiger partial charge in [-0.05, 0) is 48.9 Å². The van der Waals surface area contributed by atoms with Crippen molar-refractivity contribution in [1.82, 2.24) is 0 Å². The van der Waals surface area contributed by atoms with Crippen LogP contribution in [0.25, 0.3) is 0 Å². The maximum absolute atomic E-state index is 12.0. The van der Waals surface area contributed by atoms with Gasteiger partial charge >= 0.3 is 0 Å². The lowest BCUT2D eigenvalue weighted by Crippen LogP contribution is -2.25. The number of anilines is 2. The molecule has 0 spiro atoms. The molecule has 8 heteroatoms. The zero-order chi connectivity index (χ0) is 17.5. The summed E-state index contributed by atoms with van der Waals surface area (Å²) in [6.45, 7) is 1.85. The van der Waals surface area contributed by atoms with Crippen molar-refractivity contribution in [2.45, 2.75) is 6.92 Å². The van der Waals surface area contributed by atoms with Crippen LogP contribution in [0.5, 0.6) is 5.75 Å². The summed E-state index contributed by atoms with van der Waals surface area (Å²) in [5, 5.41) is 5.73. The minimum absolute atomic E-state index is 0. The number of nitrogens with one attached hydrogen (secondary N) is 2. The highest BCUT2D eigenvalue weighted by Gasteiger charge is 2.05. The molecule has 6 nitrogen and oxygen atoms in total. The number of methoxy groups -OCH3 is 1. The van der Waals surface area contributed by atoms with E-state index in [0.717, 1.165) is 27.2 Å². The van der Waals surface area contributed by atoms with E-state index in [2.05, 4.69) is 31.6 Å². The number of carbonyl (C=O) groups is 1. The summed E-state index contributed by atoms with van der Waals surface area (Å²) in [6, 6.07) is 12.9. The average molecular weight is 519 g/mol. The van der Waals surface area contributed by atoms with E-state index in [0.29, 0.717) is 0 Å². The number of guanidine groups is 1. The molecule has 1 amide bonds. The third-order valence-corrected chi connectivity index (χ3v) is 3.72. The maximum atomic E-state index is 12.0. The Balaban J connectivity index is 0.00000312. The summed E-state index contributed by atoms with van der Waals surface area (Å²) >= 11 is 3.38. The fourth-order valence-corrected chi connectivity index (χ4v) is 2.30. The molecule has 0 heterocycles. The molecule has 2 aromatic carbocycles. The highest BCUT2D eigenvalue weighted by Crippen LogP contribution is 2.20. The van der Waals surface area contributed by atoms with Crippen molar-refractivity contribution in [2.75, 3.05) is 24.3 Å². The second-order valence-corrected chi connectivity index (χ2v) is 5.98. The summed E-state index contributed by atoms with van der Waals surface area (Å²) in [5.41, 5.74) is 8.27. The molecule has 0 radical (unpaired) electrons. The van der Waals surface area contributed by atoms with Crippen LogP contribution in [-0.2, 0) is 4.79 Å². The largest absolute Gasteiger partial charge is 0.497 e. The van der Waals surface area contributed by atoms with E-state index >= 15 is 0 Å². The quantitative estimate of drug-likeness (QED) is 0.319. The first-order valence-corrected chi connectivity index (χ1v) is 8.04. The third kappa shape index (κ3) is 6.91. The van der Waals surface area contributed by atoms with Crippen LogP contribution in [0.3, 0.4) is 0 Å². The molecule has 0 bridgehead atoms. The van der Waals surface area contributed by atoms with Crippen molar-refractivity contribution in [3.05, 3.63) is 52.5 Å². The Bertz CT molecular complexity index is 751. The number of rotatable bonds is 5. The van der Waals surface area contributed by atoms with Gasteiger partial charge in [-0.2, -0.15) is 0 Å². The molecule has 0 unspecified atom stereocenters. The molecular formula is C17H20BrIN4O2. The first-order valence-electron chi connectivity index (χ1n) is 7.25. The number of hydrogen-bond donors (Lipinski definition) is 3. The number of aliphatic imine (C=N–C) groups is 1. The van der Waals surface area contributed by atoms with Crippen LogP contribution < -0.4 is 21.1 Å². The lowest BCUT2D eigenvalue weighted by molar-refractivity contribution is -0.114. The fourth-order valence-electron chi connectivity index (χ4n) is 1.94. The molecule has 0 aliphatic rings. The molecule has 0 saturated heterocycles. The molecule has 0 aromatic heterocycles. The molecule has 25 heavy (non-hydrogen) atoms. The van der Waals surface area contributed by atoms with Crippen molar-refractivity contribution < 1.29 is 9.53 Å². The molecule has 4 N–H and O–H groups in total. The van der Waals surface area contributed by atoms with Crippen LogP contribution in [0.1, 0.15) is 5.56 Å². The summed E-state index contributed by atoms with van der Waals surface area (Å²) < 4.78 is 5.98. The van der Waals surface area contributed by atoms with Gasteiger partial charge in [0.05, 0.1) is 7.11 Å². The van der Waals surface area contributed by atoms with Gasteiger partial charge in [0.15, 0.2) is 5.96 Å². The molecule has 0 aliphatic heterocycles. The number of hydrogen-bond acceptors (Lipinski definition) is 3. The first kappa shape index (κ1) is 21.2. The van der Waals surface area contributed by atoms with Crippen LogP contribution >= 0.6 is 39.9 Å². The third-order valence-electron chi connectivity index (χ3n) is 3.23. The Morgan fingerprint density at radius 2 is 1.88 bits per heavy atom. The lowest BCUT2D eigenvalue weighted by Gasteiger charge is -2.09. The number of amides is 1. The van der Waals surface area contributed by atoms with Gasteiger partial charge < -0.3 is 21.1 Å². The van der Waals surface area contributed by atoms with Crippen molar-refractivity contribution in [2.24, 2.45) is 10.7 Å². The number of aryl methyl sites for hydroxylation is 1. The van der Waals surface area contributed by atoms with Crippen molar-refractivity contribution in [3.8, 4) is 5.75 Å². The first-order chi connectivity index (χ1) is 11.5. The topological polar surface area (TPSA) is 88.7 Å². The predicted molar refractivity (Wildman–Crippen MR) is 116 cm³/mol. The molecule has 134 valence electrons. The summed E-state index contributed by atoms with van der Waals surface area (Å²) in [7, 11) is 1.60. The van der Waals surface area contributed by atoms with E-state index in [9.17, 15) is 4.79 Å². The van der Waals surface area contributed by atoms with Gasteiger partial charge in [0, 0.05) is 15.8 Å². The normalized spacial score (nSPS) is 10.6. The number of carbonyl (C=O) groups excluding carboxylic acids is 1. The smallest absolute Gasteiger partial charge is 0.246 e. The zero-order valence-electron chi connectivity index (χ0n) is 13.9. The van der Waals surface area contributed by atoms with E-state index in [4.69, 9.17) is 10.5 Å².